The number of hydrogen-bond donors (Lipinski definition) is 2. The zero-order chi connectivity index (χ0) is 18.0. The molecule has 1 unspecified atom stereocenters. The molecular formula is C15H22N6O3S. The van der Waals surface area contributed by atoms with E-state index in [4.69, 9.17) is 0 Å². The molecule has 0 spiro atoms. The highest BCUT2D eigenvalue weighted by molar-refractivity contribution is 7.89. The predicted molar refractivity (Wildman–Crippen MR) is 93.0 cm³/mol. The minimum atomic E-state index is -3.70. The van der Waals surface area contributed by atoms with Gasteiger partial charge in [-0.1, -0.05) is 0 Å². The molecule has 1 fully saturated rings. The zero-order valence-corrected chi connectivity index (χ0v) is 15.0. The third kappa shape index (κ3) is 3.90. The molecule has 0 amide bonds. The van der Waals surface area contributed by atoms with Crippen molar-refractivity contribution in [3.63, 3.8) is 0 Å². The second-order valence-corrected chi connectivity index (χ2v) is 8.06. The summed E-state index contributed by atoms with van der Waals surface area (Å²) < 4.78 is 29.6. The summed E-state index contributed by atoms with van der Waals surface area (Å²) in [4.78, 5) is 24.4. The summed E-state index contributed by atoms with van der Waals surface area (Å²) in [7, 11) is -3.70. The zero-order valence-electron chi connectivity index (χ0n) is 14.2. The van der Waals surface area contributed by atoms with E-state index in [1.807, 2.05) is 18.7 Å². The molecule has 1 aliphatic rings. The van der Waals surface area contributed by atoms with Crippen molar-refractivity contribution in [1.82, 2.24) is 24.2 Å². The van der Waals surface area contributed by atoms with Crippen LogP contribution in [0.5, 0.6) is 0 Å². The Hall–Kier alpha value is -2.20. The first-order valence-electron chi connectivity index (χ1n) is 8.21. The van der Waals surface area contributed by atoms with E-state index in [-0.39, 0.29) is 22.7 Å². The van der Waals surface area contributed by atoms with Crippen molar-refractivity contribution in [2.24, 2.45) is 0 Å². The fourth-order valence-corrected chi connectivity index (χ4v) is 4.05. The second-order valence-electron chi connectivity index (χ2n) is 6.40. The quantitative estimate of drug-likeness (QED) is 0.796. The van der Waals surface area contributed by atoms with Gasteiger partial charge in [-0.15, -0.1) is 0 Å². The van der Waals surface area contributed by atoms with Gasteiger partial charge in [-0.3, -0.25) is 4.79 Å². The van der Waals surface area contributed by atoms with Crippen LogP contribution in [0.2, 0.25) is 0 Å². The number of hydrogen-bond acceptors (Lipinski definition) is 6. The third-order valence-corrected chi connectivity index (χ3v) is 5.59. The van der Waals surface area contributed by atoms with E-state index in [1.54, 1.807) is 4.57 Å². The molecular weight excluding hydrogens is 344 g/mol. The summed E-state index contributed by atoms with van der Waals surface area (Å²) in [5, 5.41) is 0.00834. The Morgan fingerprint density at radius 2 is 2.16 bits per heavy atom. The number of imidazole rings is 1. The number of nitrogens with one attached hydrogen (secondary N) is 2. The molecule has 2 aromatic heterocycles. The van der Waals surface area contributed by atoms with Crippen molar-refractivity contribution in [1.29, 1.82) is 0 Å². The lowest BCUT2D eigenvalue weighted by molar-refractivity contribution is 0.462. The van der Waals surface area contributed by atoms with Crippen LogP contribution in [0.3, 0.4) is 0 Å². The van der Waals surface area contributed by atoms with Gasteiger partial charge in [0.2, 0.25) is 0 Å². The Balaban J connectivity index is 1.73. The first-order chi connectivity index (χ1) is 11.9. The molecule has 1 saturated heterocycles. The maximum absolute atomic E-state index is 12.6. The van der Waals surface area contributed by atoms with Crippen molar-refractivity contribution in [3.8, 4) is 0 Å². The van der Waals surface area contributed by atoms with Gasteiger partial charge in [0.25, 0.3) is 15.6 Å². The highest BCUT2D eigenvalue weighted by Gasteiger charge is 2.28. The van der Waals surface area contributed by atoms with Crippen LogP contribution in [-0.2, 0) is 10.0 Å². The van der Waals surface area contributed by atoms with Crippen molar-refractivity contribution in [2.75, 3.05) is 18.0 Å². The minimum Gasteiger partial charge on any atom is -0.350 e. The fraction of sp³-hybridized carbons (Fsp3) is 0.533. The monoisotopic (exact) mass is 366 g/mol. The van der Waals surface area contributed by atoms with Gasteiger partial charge in [0, 0.05) is 43.8 Å². The van der Waals surface area contributed by atoms with Crippen LogP contribution in [0.25, 0.3) is 0 Å². The van der Waals surface area contributed by atoms with Gasteiger partial charge in [0.1, 0.15) is 0 Å². The molecule has 0 aromatic carbocycles. The highest BCUT2D eigenvalue weighted by Crippen LogP contribution is 2.17. The van der Waals surface area contributed by atoms with Crippen molar-refractivity contribution in [3.05, 3.63) is 35.3 Å². The van der Waals surface area contributed by atoms with Crippen molar-refractivity contribution < 1.29 is 8.42 Å². The third-order valence-electron chi connectivity index (χ3n) is 4.18. The number of rotatable bonds is 5. The number of nitrogens with zero attached hydrogens (tertiary/aromatic N) is 4. The number of H-pyrrole nitrogens is 1. The summed E-state index contributed by atoms with van der Waals surface area (Å²) in [6.45, 7) is 4.97. The van der Waals surface area contributed by atoms with Crippen LogP contribution >= 0.6 is 0 Å². The molecule has 25 heavy (non-hydrogen) atoms. The first kappa shape index (κ1) is 17.6. The Kier molecular flexibility index (Phi) is 4.91. The van der Waals surface area contributed by atoms with E-state index in [0.29, 0.717) is 25.3 Å². The molecule has 1 atom stereocenters. The van der Waals surface area contributed by atoms with Gasteiger partial charge in [-0.2, -0.15) is 0 Å². The molecule has 2 N–H and O–H groups in total. The minimum absolute atomic E-state index is 0.00834. The van der Waals surface area contributed by atoms with Gasteiger partial charge in [-0.25, -0.2) is 23.1 Å². The van der Waals surface area contributed by atoms with E-state index < -0.39 is 10.0 Å². The standard InChI is InChI=1S/C15H22N6O3S/c1-11(2)21-9-13(18-10-21)25(23,24)19-12-4-3-7-20(8-12)14-15(22)17-6-5-16-14/h5-6,9-12,19H,3-4,7-8H2,1-2H3,(H,17,22). The molecule has 2 aromatic rings. The van der Waals surface area contributed by atoms with Crippen LogP contribution in [-0.4, -0.2) is 47.1 Å². The maximum Gasteiger partial charge on any atom is 0.290 e. The topological polar surface area (TPSA) is 113 Å². The SMILES string of the molecule is CC(C)n1cnc(S(=O)(=O)NC2CCCN(c3ncc[nH]c3=O)C2)c1. The van der Waals surface area contributed by atoms with E-state index in [1.165, 1.54) is 24.9 Å². The summed E-state index contributed by atoms with van der Waals surface area (Å²) in [5.74, 6) is 0.315. The number of anilines is 1. The van der Waals surface area contributed by atoms with E-state index in [9.17, 15) is 13.2 Å². The van der Waals surface area contributed by atoms with Gasteiger partial charge in [-0.05, 0) is 26.7 Å². The summed E-state index contributed by atoms with van der Waals surface area (Å²) in [6, 6.07) is -0.165. The average Bonchev–Trinajstić information content (AvgIpc) is 3.06. The van der Waals surface area contributed by atoms with E-state index in [2.05, 4.69) is 19.7 Å². The van der Waals surface area contributed by atoms with Crippen LogP contribution in [0, 0.1) is 0 Å². The Labute approximate surface area is 146 Å². The van der Waals surface area contributed by atoms with Gasteiger partial charge in [0.15, 0.2) is 10.8 Å². The van der Waals surface area contributed by atoms with Gasteiger partial charge in [0.05, 0.1) is 6.33 Å². The first-order valence-corrected chi connectivity index (χ1v) is 9.69. The number of aromatic amines is 1. The van der Waals surface area contributed by atoms with Crippen LogP contribution in [0.4, 0.5) is 5.82 Å². The molecule has 1 aliphatic heterocycles. The smallest absolute Gasteiger partial charge is 0.290 e. The molecule has 3 rings (SSSR count). The molecule has 10 heteroatoms. The van der Waals surface area contributed by atoms with E-state index in [0.717, 1.165) is 6.42 Å². The predicted octanol–water partition coefficient (Wildman–Crippen LogP) is 0.495. The van der Waals surface area contributed by atoms with Crippen molar-refractivity contribution >= 4 is 15.8 Å². The molecule has 9 nitrogen and oxygen atoms in total. The molecule has 0 saturated carbocycles. The van der Waals surface area contributed by atoms with Crippen LogP contribution in [0.15, 0.2) is 34.7 Å². The van der Waals surface area contributed by atoms with Crippen LogP contribution < -0.4 is 15.2 Å². The van der Waals surface area contributed by atoms with Crippen LogP contribution in [0.1, 0.15) is 32.7 Å². The van der Waals surface area contributed by atoms with E-state index >= 15 is 0 Å². The van der Waals surface area contributed by atoms with Gasteiger partial charge < -0.3 is 14.5 Å². The normalized spacial score (nSPS) is 18.7. The Morgan fingerprint density at radius 1 is 1.36 bits per heavy atom. The average molecular weight is 366 g/mol. The second kappa shape index (κ2) is 6.96. The Bertz CT molecular complexity index is 888. The molecule has 0 aliphatic carbocycles. The lowest BCUT2D eigenvalue weighted by atomic mass is 10.1. The number of sulfonamides is 1. The van der Waals surface area contributed by atoms with Crippen molar-refractivity contribution in [2.45, 2.75) is 43.8 Å². The number of piperidine rings is 1. The Morgan fingerprint density at radius 3 is 2.84 bits per heavy atom. The molecule has 136 valence electrons. The van der Waals surface area contributed by atoms with Gasteiger partial charge >= 0.3 is 0 Å². The maximum atomic E-state index is 12.6. The molecule has 3 heterocycles. The fourth-order valence-electron chi connectivity index (χ4n) is 2.85. The molecule has 0 radical (unpaired) electrons. The highest BCUT2D eigenvalue weighted by atomic mass is 32.2. The summed E-state index contributed by atoms with van der Waals surface area (Å²) in [6.07, 6.45) is 7.50. The summed E-state index contributed by atoms with van der Waals surface area (Å²) >= 11 is 0. The largest absolute Gasteiger partial charge is 0.350 e. The molecule has 0 bridgehead atoms. The number of aromatic nitrogens is 4. The summed E-state index contributed by atoms with van der Waals surface area (Å²) in [5.41, 5.74) is -0.276. The lowest BCUT2D eigenvalue weighted by Crippen LogP contribution is -2.49. The lowest BCUT2D eigenvalue weighted by Gasteiger charge is -2.32.